The number of ether oxygens (including phenoxy) is 2. The lowest BCUT2D eigenvalue weighted by atomic mass is 10.1. The Hall–Kier alpha value is -2.24. The molecule has 1 aliphatic heterocycles. The van der Waals surface area contributed by atoms with Crippen LogP contribution in [0, 0.1) is 5.92 Å². The predicted molar refractivity (Wildman–Crippen MR) is 107 cm³/mol. The van der Waals surface area contributed by atoms with Crippen molar-refractivity contribution in [3.8, 4) is 11.5 Å². The van der Waals surface area contributed by atoms with Crippen molar-refractivity contribution in [2.45, 2.75) is 13.0 Å². The molecule has 0 saturated carbocycles. The molecule has 1 atom stereocenters. The smallest absolute Gasteiger partial charge is 0.254 e. The average molecular weight is 389 g/mol. The second-order valence-electron chi connectivity index (χ2n) is 6.74. The summed E-state index contributed by atoms with van der Waals surface area (Å²) in [5.41, 5.74) is 1.63. The lowest BCUT2D eigenvalue weighted by Gasteiger charge is -2.18. The van der Waals surface area contributed by atoms with Crippen LogP contribution in [0.4, 0.5) is 0 Å². The second-order valence-corrected chi connectivity index (χ2v) is 7.18. The lowest BCUT2D eigenvalue weighted by molar-refractivity contribution is 0.0786. The van der Waals surface area contributed by atoms with Gasteiger partial charge in [-0.2, -0.15) is 0 Å². The van der Waals surface area contributed by atoms with E-state index in [1.807, 2.05) is 36.2 Å². The first-order chi connectivity index (χ1) is 13.1. The van der Waals surface area contributed by atoms with Gasteiger partial charge < -0.3 is 19.7 Å². The van der Waals surface area contributed by atoms with Crippen LogP contribution < -0.4 is 14.8 Å². The van der Waals surface area contributed by atoms with Crippen molar-refractivity contribution in [3.63, 3.8) is 0 Å². The Morgan fingerprint density at radius 3 is 2.70 bits per heavy atom. The number of nitrogens with one attached hydrogen (secondary N) is 1. The molecule has 0 spiro atoms. The van der Waals surface area contributed by atoms with Gasteiger partial charge in [0.2, 0.25) is 0 Å². The number of benzene rings is 2. The number of carbonyl (C=O) groups is 1. The van der Waals surface area contributed by atoms with E-state index < -0.39 is 0 Å². The van der Waals surface area contributed by atoms with Gasteiger partial charge in [0.25, 0.3) is 5.91 Å². The molecule has 2 aromatic carbocycles. The van der Waals surface area contributed by atoms with E-state index in [1.54, 1.807) is 25.3 Å². The molecule has 2 aromatic rings. The van der Waals surface area contributed by atoms with E-state index in [2.05, 4.69) is 5.32 Å². The molecule has 3 rings (SSSR count). The number of likely N-dealkylation sites (tertiary alicyclic amines) is 1. The van der Waals surface area contributed by atoms with Gasteiger partial charge in [0, 0.05) is 23.7 Å². The molecule has 6 heteroatoms. The minimum atomic E-state index is 0.0381. The Bertz CT molecular complexity index is 779. The SMILES string of the molecule is CNC[C@@H]1CCN(C(=O)c2ccc(OCc3ccc(Cl)cc3)c(OC)c2)C1. The second kappa shape index (κ2) is 9.11. The molecule has 0 aliphatic carbocycles. The van der Waals surface area contributed by atoms with E-state index in [0.717, 1.165) is 31.6 Å². The van der Waals surface area contributed by atoms with Crippen molar-refractivity contribution in [1.82, 2.24) is 10.2 Å². The molecule has 1 aliphatic rings. The van der Waals surface area contributed by atoms with Crippen molar-refractivity contribution >= 4 is 17.5 Å². The zero-order valence-corrected chi connectivity index (χ0v) is 16.5. The largest absolute Gasteiger partial charge is 0.493 e. The standard InChI is InChI=1S/C21H25ClN2O3/c1-23-12-16-9-10-24(13-16)21(25)17-5-8-19(20(11-17)26-2)27-14-15-3-6-18(22)7-4-15/h3-8,11,16,23H,9-10,12-14H2,1-2H3/t16-/m0/s1. The molecule has 1 heterocycles. The fourth-order valence-electron chi connectivity index (χ4n) is 3.32. The topological polar surface area (TPSA) is 50.8 Å². The van der Waals surface area contributed by atoms with Crippen molar-refractivity contribution in [3.05, 3.63) is 58.6 Å². The molecule has 5 nitrogen and oxygen atoms in total. The summed E-state index contributed by atoms with van der Waals surface area (Å²) in [6.07, 6.45) is 1.03. The summed E-state index contributed by atoms with van der Waals surface area (Å²) < 4.78 is 11.3. The molecule has 1 saturated heterocycles. The van der Waals surface area contributed by atoms with Gasteiger partial charge in [-0.3, -0.25) is 4.79 Å². The molecule has 0 aromatic heterocycles. The van der Waals surface area contributed by atoms with Crippen molar-refractivity contribution < 1.29 is 14.3 Å². The Balaban J connectivity index is 1.66. The van der Waals surface area contributed by atoms with Crippen LogP contribution in [0.3, 0.4) is 0 Å². The fraction of sp³-hybridized carbons (Fsp3) is 0.381. The quantitative estimate of drug-likeness (QED) is 0.787. The predicted octanol–water partition coefficient (Wildman–Crippen LogP) is 3.61. The molecular weight excluding hydrogens is 364 g/mol. The molecule has 1 amide bonds. The number of halogens is 1. The van der Waals surface area contributed by atoms with Gasteiger partial charge in [0.1, 0.15) is 6.61 Å². The Morgan fingerprint density at radius 2 is 2.00 bits per heavy atom. The van der Waals surface area contributed by atoms with Crippen LogP contribution in [0.15, 0.2) is 42.5 Å². The molecule has 1 N–H and O–H groups in total. The van der Waals surface area contributed by atoms with Crippen molar-refractivity contribution in [2.24, 2.45) is 5.92 Å². The third-order valence-corrected chi connectivity index (χ3v) is 5.04. The van der Waals surface area contributed by atoms with Crippen LogP contribution in [0.25, 0.3) is 0 Å². The number of nitrogens with zero attached hydrogens (tertiary/aromatic N) is 1. The van der Waals surface area contributed by atoms with Crippen LogP contribution in [-0.2, 0) is 6.61 Å². The summed E-state index contributed by atoms with van der Waals surface area (Å²) in [6, 6.07) is 12.8. The number of amides is 1. The maximum Gasteiger partial charge on any atom is 0.254 e. The van der Waals surface area contributed by atoms with Gasteiger partial charge in [-0.1, -0.05) is 23.7 Å². The van der Waals surface area contributed by atoms with Gasteiger partial charge in [-0.25, -0.2) is 0 Å². The minimum Gasteiger partial charge on any atom is -0.493 e. The van der Waals surface area contributed by atoms with Crippen LogP contribution >= 0.6 is 11.6 Å². The number of hydrogen-bond acceptors (Lipinski definition) is 4. The Morgan fingerprint density at radius 1 is 1.22 bits per heavy atom. The first-order valence-electron chi connectivity index (χ1n) is 9.10. The van der Waals surface area contributed by atoms with Crippen molar-refractivity contribution in [2.75, 3.05) is 33.8 Å². The summed E-state index contributed by atoms with van der Waals surface area (Å²) >= 11 is 5.90. The molecule has 27 heavy (non-hydrogen) atoms. The van der Waals surface area contributed by atoms with E-state index in [9.17, 15) is 4.79 Å². The van der Waals surface area contributed by atoms with Gasteiger partial charge in [0.15, 0.2) is 11.5 Å². The third-order valence-electron chi connectivity index (χ3n) is 4.78. The Labute approximate surface area is 165 Å². The highest BCUT2D eigenvalue weighted by molar-refractivity contribution is 6.30. The summed E-state index contributed by atoms with van der Waals surface area (Å²) in [5.74, 6) is 1.72. The first kappa shape index (κ1) is 19.5. The maximum absolute atomic E-state index is 12.8. The molecule has 144 valence electrons. The fourth-order valence-corrected chi connectivity index (χ4v) is 3.44. The zero-order chi connectivity index (χ0) is 19.2. The first-order valence-corrected chi connectivity index (χ1v) is 9.47. The monoisotopic (exact) mass is 388 g/mol. The highest BCUT2D eigenvalue weighted by atomic mass is 35.5. The third kappa shape index (κ3) is 4.93. The van der Waals surface area contributed by atoms with Gasteiger partial charge in [0.05, 0.1) is 7.11 Å². The van der Waals surface area contributed by atoms with Crippen LogP contribution in [0.2, 0.25) is 5.02 Å². The number of hydrogen-bond donors (Lipinski definition) is 1. The van der Waals surface area contributed by atoms with Crippen LogP contribution in [0.5, 0.6) is 11.5 Å². The minimum absolute atomic E-state index is 0.0381. The summed E-state index contributed by atoms with van der Waals surface area (Å²) in [6.45, 7) is 2.92. The summed E-state index contributed by atoms with van der Waals surface area (Å²) in [7, 11) is 3.52. The van der Waals surface area contributed by atoms with Crippen LogP contribution in [0.1, 0.15) is 22.3 Å². The number of rotatable bonds is 7. The van der Waals surface area contributed by atoms with Crippen molar-refractivity contribution in [1.29, 1.82) is 0 Å². The van der Waals surface area contributed by atoms with E-state index in [4.69, 9.17) is 21.1 Å². The van der Waals surface area contributed by atoms with E-state index >= 15 is 0 Å². The number of carbonyl (C=O) groups excluding carboxylic acids is 1. The highest BCUT2D eigenvalue weighted by Gasteiger charge is 2.27. The Kier molecular flexibility index (Phi) is 6.58. The van der Waals surface area contributed by atoms with E-state index in [-0.39, 0.29) is 5.91 Å². The summed E-state index contributed by atoms with van der Waals surface area (Å²) in [4.78, 5) is 14.7. The van der Waals surface area contributed by atoms with E-state index in [0.29, 0.717) is 34.6 Å². The van der Waals surface area contributed by atoms with Crippen LogP contribution in [-0.4, -0.2) is 44.6 Å². The van der Waals surface area contributed by atoms with Gasteiger partial charge in [-0.15, -0.1) is 0 Å². The molecule has 0 bridgehead atoms. The van der Waals surface area contributed by atoms with Gasteiger partial charge >= 0.3 is 0 Å². The molecule has 1 fully saturated rings. The average Bonchev–Trinajstić information content (AvgIpc) is 3.16. The zero-order valence-electron chi connectivity index (χ0n) is 15.7. The molecular formula is C21H25ClN2O3. The number of methoxy groups -OCH3 is 1. The van der Waals surface area contributed by atoms with Gasteiger partial charge in [-0.05, 0) is 61.8 Å². The summed E-state index contributed by atoms with van der Waals surface area (Å²) in [5, 5.41) is 3.88. The maximum atomic E-state index is 12.8. The van der Waals surface area contributed by atoms with E-state index in [1.165, 1.54) is 0 Å². The molecule has 0 radical (unpaired) electrons. The molecule has 0 unspecified atom stereocenters. The normalized spacial score (nSPS) is 16.4. The lowest BCUT2D eigenvalue weighted by Crippen LogP contribution is -2.30. The highest BCUT2D eigenvalue weighted by Crippen LogP contribution is 2.30.